The second kappa shape index (κ2) is 6.15. The fourth-order valence-electron chi connectivity index (χ4n) is 1.38. The van der Waals surface area contributed by atoms with Crippen LogP contribution >= 0.6 is 0 Å². The molecule has 0 aliphatic rings. The molecule has 1 atom stereocenters. The van der Waals surface area contributed by atoms with Gasteiger partial charge >= 0.3 is 0 Å². The number of nitrogens with zero attached hydrogens (tertiary/aromatic N) is 1. The third kappa shape index (κ3) is 4.09. The first-order valence-electron chi connectivity index (χ1n) is 5.10. The number of benzene rings is 1. The van der Waals surface area contributed by atoms with Gasteiger partial charge in [-0.3, -0.25) is 0 Å². The number of halogens is 1. The van der Waals surface area contributed by atoms with Crippen molar-refractivity contribution in [3.05, 3.63) is 35.6 Å². The van der Waals surface area contributed by atoms with E-state index in [1.54, 1.807) is 6.07 Å². The van der Waals surface area contributed by atoms with Crippen LogP contribution < -0.4 is 5.32 Å². The van der Waals surface area contributed by atoms with E-state index in [-0.39, 0.29) is 11.9 Å². The molecule has 3 heteroatoms. The van der Waals surface area contributed by atoms with Crippen molar-refractivity contribution in [1.82, 2.24) is 5.32 Å². The summed E-state index contributed by atoms with van der Waals surface area (Å²) >= 11 is 0. The summed E-state index contributed by atoms with van der Waals surface area (Å²) < 4.78 is 12.9. The summed E-state index contributed by atoms with van der Waals surface area (Å²) in [5.41, 5.74) is 0.937. The average molecular weight is 206 g/mol. The molecule has 0 amide bonds. The Labute approximate surface area is 89.7 Å². The standard InChI is InChI=1S/C12H15FN2/c1-10(15-8-3-2-7-14)11-5-4-6-12(13)9-11/h4-6,9-10,15H,2-3,8H2,1H3/t10-/m1/s1. The maximum atomic E-state index is 12.9. The minimum atomic E-state index is -0.210. The number of unbranched alkanes of at least 4 members (excludes halogenated alkanes) is 1. The van der Waals surface area contributed by atoms with E-state index >= 15 is 0 Å². The predicted molar refractivity (Wildman–Crippen MR) is 57.7 cm³/mol. The third-order valence-corrected chi connectivity index (χ3v) is 2.26. The third-order valence-electron chi connectivity index (χ3n) is 2.26. The Morgan fingerprint density at radius 2 is 2.33 bits per heavy atom. The molecule has 0 radical (unpaired) electrons. The molecule has 0 bridgehead atoms. The van der Waals surface area contributed by atoms with E-state index in [1.807, 2.05) is 13.0 Å². The zero-order chi connectivity index (χ0) is 11.1. The van der Waals surface area contributed by atoms with E-state index in [0.717, 1.165) is 18.5 Å². The Morgan fingerprint density at radius 1 is 1.53 bits per heavy atom. The van der Waals surface area contributed by atoms with Crippen LogP contribution in [0.5, 0.6) is 0 Å². The van der Waals surface area contributed by atoms with E-state index in [4.69, 9.17) is 5.26 Å². The first-order valence-corrected chi connectivity index (χ1v) is 5.10. The normalized spacial score (nSPS) is 12.1. The quantitative estimate of drug-likeness (QED) is 0.752. The number of rotatable bonds is 5. The van der Waals surface area contributed by atoms with Crippen LogP contribution in [0.4, 0.5) is 4.39 Å². The van der Waals surface area contributed by atoms with Gasteiger partial charge in [0.2, 0.25) is 0 Å². The highest BCUT2D eigenvalue weighted by atomic mass is 19.1. The maximum absolute atomic E-state index is 12.9. The lowest BCUT2D eigenvalue weighted by atomic mass is 10.1. The molecular formula is C12H15FN2. The molecular weight excluding hydrogens is 191 g/mol. The Balaban J connectivity index is 2.40. The lowest BCUT2D eigenvalue weighted by molar-refractivity contribution is 0.555. The Morgan fingerprint density at radius 3 is 3.00 bits per heavy atom. The highest BCUT2D eigenvalue weighted by Crippen LogP contribution is 2.13. The fourth-order valence-corrected chi connectivity index (χ4v) is 1.38. The molecule has 0 fully saturated rings. The first kappa shape index (κ1) is 11.7. The van der Waals surface area contributed by atoms with Crippen molar-refractivity contribution in [2.24, 2.45) is 0 Å². The smallest absolute Gasteiger partial charge is 0.123 e. The second-order valence-electron chi connectivity index (χ2n) is 3.49. The Bertz CT molecular complexity index is 344. The van der Waals surface area contributed by atoms with E-state index in [2.05, 4.69) is 11.4 Å². The fraction of sp³-hybridized carbons (Fsp3) is 0.417. The van der Waals surface area contributed by atoms with Crippen molar-refractivity contribution in [3.8, 4) is 6.07 Å². The van der Waals surface area contributed by atoms with Crippen LogP contribution in [0.2, 0.25) is 0 Å². The summed E-state index contributed by atoms with van der Waals surface area (Å²) in [6.45, 7) is 2.77. The first-order chi connectivity index (χ1) is 7.24. The summed E-state index contributed by atoms with van der Waals surface area (Å²) in [6, 6.07) is 8.78. The lowest BCUT2D eigenvalue weighted by Crippen LogP contribution is -2.19. The van der Waals surface area contributed by atoms with E-state index in [1.165, 1.54) is 12.1 Å². The maximum Gasteiger partial charge on any atom is 0.123 e. The number of hydrogen-bond acceptors (Lipinski definition) is 2. The molecule has 0 aliphatic heterocycles. The average Bonchev–Trinajstić information content (AvgIpc) is 2.24. The highest BCUT2D eigenvalue weighted by molar-refractivity contribution is 5.19. The molecule has 2 nitrogen and oxygen atoms in total. The highest BCUT2D eigenvalue weighted by Gasteiger charge is 2.04. The molecule has 1 aromatic carbocycles. The van der Waals surface area contributed by atoms with Crippen LogP contribution in [0.3, 0.4) is 0 Å². The van der Waals surface area contributed by atoms with Crippen molar-refractivity contribution >= 4 is 0 Å². The minimum absolute atomic E-state index is 0.124. The van der Waals surface area contributed by atoms with Gasteiger partial charge in [-0.2, -0.15) is 5.26 Å². The molecule has 1 rings (SSSR count). The van der Waals surface area contributed by atoms with Gasteiger partial charge in [0.25, 0.3) is 0 Å². The van der Waals surface area contributed by atoms with Gasteiger partial charge in [0.15, 0.2) is 0 Å². The van der Waals surface area contributed by atoms with Crippen molar-refractivity contribution in [2.75, 3.05) is 6.54 Å². The zero-order valence-electron chi connectivity index (χ0n) is 8.83. The summed E-state index contributed by atoms with van der Waals surface area (Å²) in [5.74, 6) is -0.210. The van der Waals surface area contributed by atoms with Gasteiger partial charge in [-0.25, -0.2) is 4.39 Å². The number of nitriles is 1. The molecule has 0 heterocycles. The number of hydrogen-bond donors (Lipinski definition) is 1. The molecule has 80 valence electrons. The summed E-state index contributed by atoms with van der Waals surface area (Å²) in [7, 11) is 0. The molecule has 1 N–H and O–H groups in total. The molecule has 0 saturated heterocycles. The monoisotopic (exact) mass is 206 g/mol. The molecule has 0 unspecified atom stereocenters. The van der Waals surface area contributed by atoms with Gasteiger partial charge in [0.1, 0.15) is 5.82 Å². The van der Waals surface area contributed by atoms with Crippen LogP contribution in [0, 0.1) is 17.1 Å². The topological polar surface area (TPSA) is 35.8 Å². The Kier molecular flexibility index (Phi) is 4.79. The van der Waals surface area contributed by atoms with Crippen molar-refractivity contribution in [2.45, 2.75) is 25.8 Å². The van der Waals surface area contributed by atoms with E-state index < -0.39 is 0 Å². The molecule has 0 saturated carbocycles. The van der Waals surface area contributed by atoms with Crippen LogP contribution in [-0.4, -0.2) is 6.54 Å². The molecule has 0 aromatic heterocycles. The van der Waals surface area contributed by atoms with Gasteiger partial charge < -0.3 is 5.32 Å². The summed E-state index contributed by atoms with van der Waals surface area (Å²) in [6.07, 6.45) is 1.39. The van der Waals surface area contributed by atoms with Gasteiger partial charge in [0, 0.05) is 12.5 Å². The summed E-state index contributed by atoms with van der Waals surface area (Å²) in [5, 5.41) is 11.6. The van der Waals surface area contributed by atoms with E-state index in [0.29, 0.717) is 6.42 Å². The van der Waals surface area contributed by atoms with E-state index in [9.17, 15) is 4.39 Å². The van der Waals surface area contributed by atoms with Gasteiger partial charge in [-0.05, 0) is 37.6 Å². The Hall–Kier alpha value is -1.40. The van der Waals surface area contributed by atoms with Gasteiger partial charge in [-0.15, -0.1) is 0 Å². The zero-order valence-corrected chi connectivity index (χ0v) is 8.83. The molecule has 15 heavy (non-hydrogen) atoms. The molecule has 1 aromatic rings. The lowest BCUT2D eigenvalue weighted by Gasteiger charge is -2.13. The predicted octanol–water partition coefficient (Wildman–Crippen LogP) is 2.78. The molecule has 0 aliphatic carbocycles. The van der Waals surface area contributed by atoms with Gasteiger partial charge in [-0.1, -0.05) is 12.1 Å². The second-order valence-corrected chi connectivity index (χ2v) is 3.49. The number of nitrogens with one attached hydrogen (secondary N) is 1. The van der Waals surface area contributed by atoms with Crippen molar-refractivity contribution in [3.63, 3.8) is 0 Å². The molecule has 0 spiro atoms. The van der Waals surface area contributed by atoms with Crippen LogP contribution in [-0.2, 0) is 0 Å². The van der Waals surface area contributed by atoms with Crippen molar-refractivity contribution in [1.29, 1.82) is 5.26 Å². The SMILES string of the molecule is C[C@@H](NCCCC#N)c1cccc(F)c1. The largest absolute Gasteiger partial charge is 0.310 e. The summed E-state index contributed by atoms with van der Waals surface area (Å²) in [4.78, 5) is 0. The van der Waals surface area contributed by atoms with Crippen LogP contribution in [0.1, 0.15) is 31.4 Å². The van der Waals surface area contributed by atoms with Crippen molar-refractivity contribution < 1.29 is 4.39 Å². The van der Waals surface area contributed by atoms with Gasteiger partial charge in [0.05, 0.1) is 6.07 Å². The van der Waals surface area contributed by atoms with Crippen LogP contribution in [0.15, 0.2) is 24.3 Å². The van der Waals surface area contributed by atoms with Crippen LogP contribution in [0.25, 0.3) is 0 Å². The minimum Gasteiger partial charge on any atom is -0.310 e.